The zero-order valence-corrected chi connectivity index (χ0v) is 8.45. The van der Waals surface area contributed by atoms with Crippen LogP contribution in [-0.4, -0.2) is 0 Å². The van der Waals surface area contributed by atoms with Crippen molar-refractivity contribution in [3.8, 4) is 0 Å². The number of hydrogen-bond acceptors (Lipinski definition) is 0. The third kappa shape index (κ3) is 1.21. The summed E-state index contributed by atoms with van der Waals surface area (Å²) in [4.78, 5) is 0. The first kappa shape index (κ1) is 8.28. The highest BCUT2D eigenvalue weighted by molar-refractivity contribution is 5.42. The second-order valence-corrected chi connectivity index (χ2v) is 4.53. The van der Waals surface area contributed by atoms with Crippen molar-refractivity contribution in [2.45, 2.75) is 25.7 Å². The summed E-state index contributed by atoms with van der Waals surface area (Å²) < 4.78 is 0. The van der Waals surface area contributed by atoms with E-state index in [0.717, 1.165) is 5.92 Å². The molecule has 2 atom stereocenters. The van der Waals surface area contributed by atoms with Gasteiger partial charge in [0.25, 0.3) is 0 Å². The van der Waals surface area contributed by atoms with Crippen LogP contribution in [0.2, 0.25) is 0 Å². The Hall–Kier alpha value is -1.04. The summed E-state index contributed by atoms with van der Waals surface area (Å²) in [5.74, 6) is 1.52. The monoisotopic (exact) mass is 184 g/mol. The fourth-order valence-corrected chi connectivity index (χ4v) is 2.99. The fourth-order valence-electron chi connectivity index (χ4n) is 2.99. The molecule has 1 saturated carbocycles. The van der Waals surface area contributed by atoms with E-state index in [0.29, 0.717) is 5.92 Å². The van der Waals surface area contributed by atoms with Gasteiger partial charge in [-0.3, -0.25) is 0 Å². The minimum Gasteiger partial charge on any atom is -0.0764 e. The van der Waals surface area contributed by atoms with E-state index >= 15 is 0 Å². The molecule has 0 heterocycles. The van der Waals surface area contributed by atoms with Crippen LogP contribution in [0.15, 0.2) is 47.6 Å². The van der Waals surface area contributed by atoms with Gasteiger partial charge in [0.05, 0.1) is 0 Å². The highest BCUT2D eigenvalue weighted by Crippen LogP contribution is 2.42. The second kappa shape index (κ2) is 3.27. The molecule has 0 aliphatic heterocycles. The van der Waals surface area contributed by atoms with Gasteiger partial charge in [-0.05, 0) is 30.8 Å². The van der Waals surface area contributed by atoms with Gasteiger partial charge in [-0.15, -0.1) is 0 Å². The Balaban J connectivity index is 1.98. The minimum absolute atomic E-state index is 0.695. The normalized spacial score (nSPS) is 34.3. The lowest BCUT2D eigenvalue weighted by Crippen LogP contribution is -2.23. The molecule has 0 spiro atoms. The van der Waals surface area contributed by atoms with E-state index in [2.05, 4.69) is 36.5 Å². The number of allylic oxidation sites excluding steroid dienone is 8. The van der Waals surface area contributed by atoms with Crippen LogP contribution >= 0.6 is 0 Å². The maximum Gasteiger partial charge on any atom is 0.00866 e. The van der Waals surface area contributed by atoms with E-state index in [1.807, 2.05) is 0 Å². The Morgan fingerprint density at radius 2 is 2.07 bits per heavy atom. The average molecular weight is 184 g/mol. The lowest BCUT2D eigenvalue weighted by molar-refractivity contribution is 0.393. The maximum atomic E-state index is 2.38. The third-order valence-corrected chi connectivity index (χ3v) is 3.73. The van der Waals surface area contributed by atoms with Crippen molar-refractivity contribution < 1.29 is 0 Å². The molecule has 0 bridgehead atoms. The largest absolute Gasteiger partial charge is 0.0764 e. The Labute approximate surface area is 85.7 Å². The molecule has 0 saturated heterocycles. The van der Waals surface area contributed by atoms with Gasteiger partial charge in [-0.25, -0.2) is 0 Å². The Bertz CT molecular complexity index is 352. The molecule has 3 aliphatic rings. The number of rotatable bonds is 0. The summed E-state index contributed by atoms with van der Waals surface area (Å²) in [5.41, 5.74) is 3.22. The van der Waals surface area contributed by atoms with Crippen molar-refractivity contribution in [1.82, 2.24) is 0 Å². The first-order valence-corrected chi connectivity index (χ1v) is 5.71. The molecule has 0 aromatic heterocycles. The molecule has 3 rings (SSSR count). The summed E-state index contributed by atoms with van der Waals surface area (Å²) in [5, 5.41) is 0. The zero-order valence-electron chi connectivity index (χ0n) is 8.45. The SMILES string of the molecule is C1=CC2=CC=C3CCCCC3C2C=C1. The van der Waals surface area contributed by atoms with E-state index in [9.17, 15) is 0 Å². The van der Waals surface area contributed by atoms with Gasteiger partial charge < -0.3 is 0 Å². The molecule has 2 unspecified atom stereocenters. The number of hydrogen-bond donors (Lipinski definition) is 0. The van der Waals surface area contributed by atoms with Crippen molar-refractivity contribution in [1.29, 1.82) is 0 Å². The molecule has 0 radical (unpaired) electrons. The summed E-state index contributed by atoms with van der Waals surface area (Å²) in [6.07, 6.45) is 19.3. The lowest BCUT2D eigenvalue weighted by atomic mass is 9.70. The van der Waals surface area contributed by atoms with E-state index < -0.39 is 0 Å². The van der Waals surface area contributed by atoms with Crippen LogP contribution < -0.4 is 0 Å². The van der Waals surface area contributed by atoms with Gasteiger partial charge in [0.15, 0.2) is 0 Å². The number of fused-ring (bicyclic) bond motifs is 3. The Morgan fingerprint density at radius 1 is 1.07 bits per heavy atom. The maximum absolute atomic E-state index is 2.38. The molecule has 14 heavy (non-hydrogen) atoms. The topological polar surface area (TPSA) is 0 Å². The van der Waals surface area contributed by atoms with Crippen molar-refractivity contribution in [2.75, 3.05) is 0 Å². The fraction of sp³-hybridized carbons (Fsp3) is 0.429. The van der Waals surface area contributed by atoms with Crippen LogP contribution in [0.1, 0.15) is 25.7 Å². The Kier molecular flexibility index (Phi) is 1.93. The van der Waals surface area contributed by atoms with Crippen LogP contribution in [0.3, 0.4) is 0 Å². The molecule has 1 fully saturated rings. The van der Waals surface area contributed by atoms with Crippen LogP contribution in [0, 0.1) is 11.8 Å². The highest BCUT2D eigenvalue weighted by Gasteiger charge is 2.29. The van der Waals surface area contributed by atoms with Gasteiger partial charge in [-0.2, -0.15) is 0 Å². The average Bonchev–Trinajstić information content (AvgIpc) is 2.29. The predicted octanol–water partition coefficient (Wildman–Crippen LogP) is 3.79. The molecule has 0 heteroatoms. The van der Waals surface area contributed by atoms with E-state index in [1.165, 1.54) is 31.3 Å². The van der Waals surface area contributed by atoms with E-state index in [4.69, 9.17) is 0 Å². The minimum atomic E-state index is 0.695. The van der Waals surface area contributed by atoms with Crippen molar-refractivity contribution in [3.63, 3.8) is 0 Å². The molecule has 0 aromatic carbocycles. The summed E-state index contributed by atoms with van der Waals surface area (Å²) >= 11 is 0. The molecule has 0 nitrogen and oxygen atoms in total. The first-order valence-electron chi connectivity index (χ1n) is 5.71. The van der Waals surface area contributed by atoms with Gasteiger partial charge in [-0.1, -0.05) is 48.5 Å². The lowest BCUT2D eigenvalue weighted by Gasteiger charge is -2.35. The van der Waals surface area contributed by atoms with Crippen LogP contribution in [0.25, 0.3) is 0 Å². The molecule has 72 valence electrons. The van der Waals surface area contributed by atoms with Gasteiger partial charge in [0.2, 0.25) is 0 Å². The van der Waals surface area contributed by atoms with Gasteiger partial charge in [0, 0.05) is 5.92 Å². The zero-order chi connectivity index (χ0) is 9.38. The van der Waals surface area contributed by atoms with E-state index in [1.54, 1.807) is 5.57 Å². The van der Waals surface area contributed by atoms with Gasteiger partial charge in [0.1, 0.15) is 0 Å². The summed E-state index contributed by atoms with van der Waals surface area (Å²) in [6.45, 7) is 0. The van der Waals surface area contributed by atoms with Crippen LogP contribution in [0.5, 0.6) is 0 Å². The third-order valence-electron chi connectivity index (χ3n) is 3.73. The molecule has 0 N–H and O–H groups in total. The molecule has 0 amide bonds. The smallest absolute Gasteiger partial charge is 0.00866 e. The summed E-state index contributed by atoms with van der Waals surface area (Å²) in [6, 6.07) is 0. The highest BCUT2D eigenvalue weighted by atomic mass is 14.3. The van der Waals surface area contributed by atoms with Crippen molar-refractivity contribution >= 4 is 0 Å². The predicted molar refractivity (Wildman–Crippen MR) is 59.9 cm³/mol. The van der Waals surface area contributed by atoms with E-state index in [-0.39, 0.29) is 0 Å². The molecular formula is C14H16. The standard InChI is InChI=1S/C14H16/c1-3-7-13-11(5-1)9-10-12-6-2-4-8-14(12)13/h1,3,5,7,9-10,13-14H,2,4,6,8H2. The molecule has 3 aliphatic carbocycles. The molecular weight excluding hydrogens is 168 g/mol. The second-order valence-electron chi connectivity index (χ2n) is 4.53. The quantitative estimate of drug-likeness (QED) is 0.537. The van der Waals surface area contributed by atoms with Crippen LogP contribution in [-0.2, 0) is 0 Å². The summed E-state index contributed by atoms with van der Waals surface area (Å²) in [7, 11) is 0. The Morgan fingerprint density at radius 3 is 3.07 bits per heavy atom. The van der Waals surface area contributed by atoms with Crippen LogP contribution in [0.4, 0.5) is 0 Å². The molecule has 0 aromatic rings. The van der Waals surface area contributed by atoms with Crippen molar-refractivity contribution in [2.24, 2.45) is 11.8 Å². The van der Waals surface area contributed by atoms with Crippen molar-refractivity contribution in [3.05, 3.63) is 47.6 Å². The first-order chi connectivity index (χ1) is 6.95. The van der Waals surface area contributed by atoms with Gasteiger partial charge >= 0.3 is 0 Å².